The Kier molecular flexibility index (Phi) is 4.71. The minimum atomic E-state index is -0.313. The minimum Gasteiger partial charge on any atom is -0.388 e. The predicted octanol–water partition coefficient (Wildman–Crippen LogP) is 7.13. The third-order valence-corrected chi connectivity index (χ3v) is 10.0. The van der Waals surface area contributed by atoms with Gasteiger partial charge in [0.25, 0.3) is 0 Å². The summed E-state index contributed by atoms with van der Waals surface area (Å²) in [6, 6.07) is 8.04. The summed E-state index contributed by atoms with van der Waals surface area (Å²) >= 11 is 6.42. The van der Waals surface area contributed by atoms with E-state index in [1.165, 1.54) is 56.9 Å². The Bertz CT molecular complexity index is 784. The van der Waals surface area contributed by atoms with Crippen LogP contribution in [0.15, 0.2) is 29.8 Å². The van der Waals surface area contributed by atoms with Crippen molar-refractivity contribution in [1.82, 2.24) is 0 Å². The molecule has 0 unspecified atom stereocenters. The molecular formula is C26H35ClO. The van der Waals surface area contributed by atoms with E-state index in [-0.39, 0.29) is 11.5 Å². The molecule has 4 aliphatic rings. The molecule has 2 heteroatoms. The molecule has 28 heavy (non-hydrogen) atoms. The van der Waals surface area contributed by atoms with Crippen molar-refractivity contribution >= 4 is 17.7 Å². The molecule has 0 bridgehead atoms. The molecule has 4 fully saturated rings. The van der Waals surface area contributed by atoms with Crippen molar-refractivity contribution in [2.45, 2.75) is 77.7 Å². The van der Waals surface area contributed by atoms with Crippen LogP contribution in [0.25, 0.3) is 6.08 Å². The van der Waals surface area contributed by atoms with Crippen molar-refractivity contribution in [3.63, 3.8) is 0 Å². The highest BCUT2D eigenvalue weighted by Gasteiger charge is 2.60. The highest BCUT2D eigenvalue weighted by Crippen LogP contribution is 2.67. The van der Waals surface area contributed by atoms with Gasteiger partial charge in [-0.15, -0.1) is 0 Å². The SMILES string of the molecule is C[C@]12CCCC[C@@H]1CC[C@H]1[C@H]2CC[C@@]2(C)[C@H](O)/C(=C\c3ccccc3Cl)C[C@H]12. The number of hydrogen-bond donors (Lipinski definition) is 1. The normalized spacial score (nSPS) is 46.7. The fourth-order valence-electron chi connectivity index (χ4n) is 8.09. The van der Waals surface area contributed by atoms with Gasteiger partial charge in [-0.2, -0.15) is 0 Å². The van der Waals surface area contributed by atoms with Crippen LogP contribution in [0.3, 0.4) is 0 Å². The number of aliphatic hydroxyl groups is 1. The second kappa shape index (κ2) is 6.88. The van der Waals surface area contributed by atoms with E-state index in [1.807, 2.05) is 18.2 Å². The van der Waals surface area contributed by atoms with Crippen molar-refractivity contribution in [2.24, 2.45) is 34.5 Å². The smallest absolute Gasteiger partial charge is 0.0809 e. The molecule has 0 aliphatic heterocycles. The number of rotatable bonds is 1. The summed E-state index contributed by atoms with van der Waals surface area (Å²) < 4.78 is 0. The summed E-state index contributed by atoms with van der Waals surface area (Å²) in [6.07, 6.45) is 14.0. The lowest BCUT2D eigenvalue weighted by molar-refractivity contribution is -0.119. The van der Waals surface area contributed by atoms with Crippen LogP contribution in [0.4, 0.5) is 0 Å². The zero-order chi connectivity index (χ0) is 19.5. The van der Waals surface area contributed by atoms with Crippen LogP contribution >= 0.6 is 11.6 Å². The summed E-state index contributed by atoms with van der Waals surface area (Å²) in [4.78, 5) is 0. The molecule has 1 aromatic carbocycles. The highest BCUT2D eigenvalue weighted by molar-refractivity contribution is 6.32. The fraction of sp³-hybridized carbons (Fsp3) is 0.692. The van der Waals surface area contributed by atoms with E-state index in [0.29, 0.717) is 11.3 Å². The molecule has 0 spiro atoms. The zero-order valence-electron chi connectivity index (χ0n) is 17.5. The maximum atomic E-state index is 11.4. The lowest BCUT2D eigenvalue weighted by Crippen LogP contribution is -2.53. The summed E-state index contributed by atoms with van der Waals surface area (Å²) in [6.45, 7) is 5.00. The Hall–Kier alpha value is -0.790. The quantitative estimate of drug-likeness (QED) is 0.533. The van der Waals surface area contributed by atoms with Gasteiger partial charge in [0.1, 0.15) is 0 Å². The van der Waals surface area contributed by atoms with Crippen LogP contribution in [0.2, 0.25) is 5.02 Å². The van der Waals surface area contributed by atoms with Gasteiger partial charge in [0.2, 0.25) is 0 Å². The Balaban J connectivity index is 1.47. The second-order valence-corrected chi connectivity index (χ2v) is 11.2. The van der Waals surface area contributed by atoms with E-state index in [1.54, 1.807) is 0 Å². The molecule has 5 rings (SSSR count). The van der Waals surface area contributed by atoms with Crippen molar-refractivity contribution < 1.29 is 5.11 Å². The van der Waals surface area contributed by atoms with Gasteiger partial charge >= 0.3 is 0 Å². The standard InChI is InChI=1S/C26H35ClO/c1-25-13-6-5-8-19(25)10-11-20-21(25)12-14-26(2)22(20)16-18(24(26)28)15-17-7-3-4-9-23(17)27/h3-4,7,9,15,19-22,24,28H,5-6,8,10-14,16H2,1-2H3/b18-15-/t19-,20+,21-,22-,24-,25+,26-/m1/s1. The first kappa shape index (κ1) is 19.2. The molecule has 4 saturated carbocycles. The first-order chi connectivity index (χ1) is 13.4. The first-order valence-electron chi connectivity index (χ1n) is 11.6. The lowest BCUT2D eigenvalue weighted by atomic mass is 9.45. The van der Waals surface area contributed by atoms with E-state index in [0.717, 1.165) is 34.8 Å². The van der Waals surface area contributed by atoms with E-state index in [4.69, 9.17) is 11.6 Å². The Morgan fingerprint density at radius 1 is 0.964 bits per heavy atom. The Morgan fingerprint density at radius 2 is 1.79 bits per heavy atom. The van der Waals surface area contributed by atoms with Crippen molar-refractivity contribution in [1.29, 1.82) is 0 Å². The van der Waals surface area contributed by atoms with Crippen molar-refractivity contribution in [2.75, 3.05) is 0 Å². The molecule has 0 amide bonds. The summed E-state index contributed by atoms with van der Waals surface area (Å²) in [5, 5.41) is 12.2. The average Bonchev–Trinajstić information content (AvgIpc) is 2.94. The zero-order valence-corrected chi connectivity index (χ0v) is 18.2. The van der Waals surface area contributed by atoms with E-state index in [9.17, 15) is 5.11 Å². The van der Waals surface area contributed by atoms with Gasteiger partial charge in [-0.05, 0) is 91.2 Å². The second-order valence-electron chi connectivity index (χ2n) is 10.8. The molecule has 0 heterocycles. The van der Waals surface area contributed by atoms with Gasteiger partial charge in [-0.1, -0.05) is 62.6 Å². The first-order valence-corrected chi connectivity index (χ1v) is 11.9. The van der Waals surface area contributed by atoms with Gasteiger partial charge in [-0.3, -0.25) is 0 Å². The van der Waals surface area contributed by atoms with Crippen molar-refractivity contribution in [3.8, 4) is 0 Å². The van der Waals surface area contributed by atoms with Crippen molar-refractivity contribution in [3.05, 3.63) is 40.4 Å². The molecule has 0 saturated heterocycles. The predicted molar refractivity (Wildman–Crippen MR) is 117 cm³/mol. The number of benzene rings is 1. The van der Waals surface area contributed by atoms with Crippen LogP contribution in [-0.4, -0.2) is 11.2 Å². The van der Waals surface area contributed by atoms with Crippen LogP contribution in [0.5, 0.6) is 0 Å². The van der Waals surface area contributed by atoms with Gasteiger partial charge in [0, 0.05) is 10.4 Å². The summed E-state index contributed by atoms with van der Waals surface area (Å²) in [5.74, 6) is 3.26. The molecule has 0 radical (unpaired) electrons. The van der Waals surface area contributed by atoms with E-state index in [2.05, 4.69) is 26.0 Å². The summed E-state index contributed by atoms with van der Waals surface area (Å²) in [5.41, 5.74) is 2.88. The number of fused-ring (bicyclic) bond motifs is 5. The van der Waals surface area contributed by atoms with Gasteiger partial charge in [0.15, 0.2) is 0 Å². The Labute approximate surface area is 175 Å². The molecule has 1 N–H and O–H groups in total. The summed E-state index contributed by atoms with van der Waals surface area (Å²) in [7, 11) is 0. The monoisotopic (exact) mass is 398 g/mol. The van der Waals surface area contributed by atoms with E-state index >= 15 is 0 Å². The number of aliphatic hydroxyl groups excluding tert-OH is 1. The highest BCUT2D eigenvalue weighted by atomic mass is 35.5. The molecule has 7 atom stereocenters. The van der Waals surface area contributed by atoms with Gasteiger partial charge in [-0.25, -0.2) is 0 Å². The molecule has 0 aromatic heterocycles. The van der Waals surface area contributed by atoms with Crippen LogP contribution in [0.1, 0.15) is 77.2 Å². The van der Waals surface area contributed by atoms with E-state index < -0.39 is 0 Å². The maximum absolute atomic E-state index is 11.4. The molecule has 152 valence electrons. The molecule has 4 aliphatic carbocycles. The molecular weight excluding hydrogens is 364 g/mol. The largest absolute Gasteiger partial charge is 0.388 e. The topological polar surface area (TPSA) is 20.2 Å². The number of halogens is 1. The maximum Gasteiger partial charge on any atom is 0.0809 e. The average molecular weight is 399 g/mol. The third-order valence-electron chi connectivity index (χ3n) is 9.70. The number of hydrogen-bond acceptors (Lipinski definition) is 1. The van der Waals surface area contributed by atoms with Gasteiger partial charge in [0.05, 0.1) is 6.10 Å². The third kappa shape index (κ3) is 2.76. The Morgan fingerprint density at radius 3 is 2.61 bits per heavy atom. The molecule has 1 aromatic rings. The van der Waals surface area contributed by atoms with Crippen LogP contribution < -0.4 is 0 Å². The lowest BCUT2D eigenvalue weighted by Gasteiger charge is -2.60. The van der Waals surface area contributed by atoms with Gasteiger partial charge < -0.3 is 5.11 Å². The molecule has 1 nitrogen and oxygen atoms in total. The fourth-order valence-corrected chi connectivity index (χ4v) is 8.28. The van der Waals surface area contributed by atoms with Crippen LogP contribution in [0, 0.1) is 34.5 Å². The minimum absolute atomic E-state index is 0.0477. The van der Waals surface area contributed by atoms with Crippen LogP contribution in [-0.2, 0) is 0 Å².